The molecule has 2 rings (SSSR count). The standard InChI is InChI=1S/C16H25NO2/c1-15(2)14(16(15,3)4)17-10-11-7-8-12(18-5)9-13(11)19-6/h7-9,14,17H,10H2,1-6H3. The first kappa shape index (κ1) is 14.2. The lowest BCUT2D eigenvalue weighted by Gasteiger charge is -2.12. The van der Waals surface area contributed by atoms with Crippen LogP contribution in [0.1, 0.15) is 33.3 Å². The molecule has 3 nitrogen and oxygen atoms in total. The molecule has 19 heavy (non-hydrogen) atoms. The van der Waals surface area contributed by atoms with E-state index >= 15 is 0 Å². The van der Waals surface area contributed by atoms with E-state index in [0.29, 0.717) is 16.9 Å². The zero-order valence-electron chi connectivity index (χ0n) is 12.8. The summed E-state index contributed by atoms with van der Waals surface area (Å²) in [5, 5.41) is 3.64. The van der Waals surface area contributed by atoms with Gasteiger partial charge in [-0.3, -0.25) is 0 Å². The minimum Gasteiger partial charge on any atom is -0.497 e. The molecule has 0 spiro atoms. The van der Waals surface area contributed by atoms with Crippen molar-refractivity contribution in [1.29, 1.82) is 0 Å². The van der Waals surface area contributed by atoms with Crippen LogP contribution in [0, 0.1) is 10.8 Å². The molecule has 1 N–H and O–H groups in total. The molecule has 1 aromatic rings. The molecule has 0 radical (unpaired) electrons. The summed E-state index contributed by atoms with van der Waals surface area (Å²) in [7, 11) is 3.37. The molecule has 0 aromatic heterocycles. The molecule has 0 amide bonds. The Hall–Kier alpha value is -1.22. The quantitative estimate of drug-likeness (QED) is 0.884. The van der Waals surface area contributed by atoms with E-state index in [1.807, 2.05) is 12.1 Å². The topological polar surface area (TPSA) is 30.5 Å². The van der Waals surface area contributed by atoms with Gasteiger partial charge in [-0.1, -0.05) is 33.8 Å². The van der Waals surface area contributed by atoms with E-state index in [9.17, 15) is 0 Å². The Bertz CT molecular complexity index is 452. The number of hydrogen-bond acceptors (Lipinski definition) is 3. The second-order valence-corrected chi connectivity index (χ2v) is 6.44. The van der Waals surface area contributed by atoms with Crippen molar-refractivity contribution in [1.82, 2.24) is 5.32 Å². The minimum atomic E-state index is 0.354. The second kappa shape index (κ2) is 4.71. The van der Waals surface area contributed by atoms with Crippen LogP contribution in [0.2, 0.25) is 0 Å². The first-order valence-electron chi connectivity index (χ1n) is 6.79. The summed E-state index contributed by atoms with van der Waals surface area (Å²) >= 11 is 0. The van der Waals surface area contributed by atoms with Crippen molar-refractivity contribution in [3.05, 3.63) is 23.8 Å². The summed E-state index contributed by atoms with van der Waals surface area (Å²) in [5.74, 6) is 1.70. The number of methoxy groups -OCH3 is 2. The average Bonchev–Trinajstić information content (AvgIpc) is 2.77. The maximum atomic E-state index is 5.42. The minimum absolute atomic E-state index is 0.354. The van der Waals surface area contributed by atoms with E-state index in [2.05, 4.69) is 39.1 Å². The molecular formula is C16H25NO2. The van der Waals surface area contributed by atoms with Gasteiger partial charge in [-0.15, -0.1) is 0 Å². The van der Waals surface area contributed by atoms with Crippen LogP contribution in [0.25, 0.3) is 0 Å². The van der Waals surface area contributed by atoms with E-state index in [0.717, 1.165) is 18.0 Å². The average molecular weight is 263 g/mol. The van der Waals surface area contributed by atoms with Crippen LogP contribution in [0.5, 0.6) is 11.5 Å². The summed E-state index contributed by atoms with van der Waals surface area (Å²) in [4.78, 5) is 0. The normalized spacial score (nSPS) is 20.1. The van der Waals surface area contributed by atoms with Gasteiger partial charge in [-0.25, -0.2) is 0 Å². The van der Waals surface area contributed by atoms with Gasteiger partial charge < -0.3 is 14.8 Å². The van der Waals surface area contributed by atoms with Crippen molar-refractivity contribution in [2.75, 3.05) is 14.2 Å². The first-order valence-corrected chi connectivity index (χ1v) is 6.79. The number of ether oxygens (including phenoxy) is 2. The Balaban J connectivity index is 2.05. The number of rotatable bonds is 5. The molecule has 1 aliphatic carbocycles. The summed E-state index contributed by atoms with van der Waals surface area (Å²) in [5.41, 5.74) is 1.88. The molecular weight excluding hydrogens is 238 g/mol. The molecule has 0 bridgehead atoms. The van der Waals surface area contributed by atoms with Crippen molar-refractivity contribution in [3.8, 4) is 11.5 Å². The van der Waals surface area contributed by atoms with Gasteiger partial charge in [0.1, 0.15) is 11.5 Å². The van der Waals surface area contributed by atoms with Crippen molar-refractivity contribution in [3.63, 3.8) is 0 Å². The van der Waals surface area contributed by atoms with Crippen molar-refractivity contribution >= 4 is 0 Å². The summed E-state index contributed by atoms with van der Waals surface area (Å²) in [6, 6.07) is 6.52. The monoisotopic (exact) mass is 263 g/mol. The third kappa shape index (κ3) is 2.32. The van der Waals surface area contributed by atoms with Crippen LogP contribution >= 0.6 is 0 Å². The zero-order chi connectivity index (χ0) is 14.3. The number of benzene rings is 1. The van der Waals surface area contributed by atoms with Crippen molar-refractivity contribution < 1.29 is 9.47 Å². The van der Waals surface area contributed by atoms with Crippen LogP contribution < -0.4 is 14.8 Å². The lowest BCUT2D eigenvalue weighted by molar-refractivity contribution is 0.389. The molecule has 0 heterocycles. The number of nitrogens with one attached hydrogen (secondary N) is 1. The van der Waals surface area contributed by atoms with E-state index in [1.165, 1.54) is 5.56 Å². The van der Waals surface area contributed by atoms with E-state index in [4.69, 9.17) is 9.47 Å². The predicted octanol–water partition coefficient (Wildman–Crippen LogP) is 3.23. The molecule has 3 heteroatoms. The number of hydrogen-bond donors (Lipinski definition) is 1. The molecule has 0 saturated heterocycles. The molecule has 0 atom stereocenters. The van der Waals surface area contributed by atoms with Gasteiger partial charge in [0.05, 0.1) is 14.2 Å². The predicted molar refractivity (Wildman–Crippen MR) is 77.7 cm³/mol. The molecule has 1 fully saturated rings. The van der Waals surface area contributed by atoms with E-state index < -0.39 is 0 Å². The van der Waals surface area contributed by atoms with Crippen LogP contribution in [0.4, 0.5) is 0 Å². The molecule has 0 aliphatic heterocycles. The lowest BCUT2D eigenvalue weighted by atomic mass is 10.0. The smallest absolute Gasteiger partial charge is 0.127 e. The summed E-state index contributed by atoms with van der Waals surface area (Å²) in [6.07, 6.45) is 0. The van der Waals surface area contributed by atoms with Gasteiger partial charge in [-0.2, -0.15) is 0 Å². The van der Waals surface area contributed by atoms with Gasteiger partial charge in [-0.05, 0) is 16.9 Å². The third-order valence-electron chi connectivity index (χ3n) is 5.01. The summed E-state index contributed by atoms with van der Waals surface area (Å²) < 4.78 is 10.6. The van der Waals surface area contributed by atoms with Gasteiger partial charge >= 0.3 is 0 Å². The maximum Gasteiger partial charge on any atom is 0.127 e. The second-order valence-electron chi connectivity index (χ2n) is 6.44. The van der Waals surface area contributed by atoms with Gasteiger partial charge in [0.15, 0.2) is 0 Å². The Morgan fingerprint density at radius 3 is 2.16 bits per heavy atom. The highest BCUT2D eigenvalue weighted by atomic mass is 16.5. The van der Waals surface area contributed by atoms with Crippen LogP contribution in [0.15, 0.2) is 18.2 Å². The van der Waals surface area contributed by atoms with Crippen LogP contribution in [-0.4, -0.2) is 20.3 Å². The van der Waals surface area contributed by atoms with Crippen molar-refractivity contribution in [2.45, 2.75) is 40.3 Å². The molecule has 1 saturated carbocycles. The van der Waals surface area contributed by atoms with Crippen LogP contribution in [-0.2, 0) is 6.54 Å². The zero-order valence-corrected chi connectivity index (χ0v) is 12.8. The Morgan fingerprint density at radius 1 is 1.05 bits per heavy atom. The highest BCUT2D eigenvalue weighted by Gasteiger charge is 2.64. The van der Waals surface area contributed by atoms with E-state index in [1.54, 1.807) is 14.2 Å². The van der Waals surface area contributed by atoms with E-state index in [-0.39, 0.29) is 0 Å². The first-order chi connectivity index (χ1) is 8.84. The Kier molecular flexibility index (Phi) is 3.52. The SMILES string of the molecule is COc1ccc(CNC2C(C)(C)C2(C)C)c(OC)c1. The molecule has 0 unspecified atom stereocenters. The van der Waals surface area contributed by atoms with Gasteiger partial charge in [0, 0.05) is 24.2 Å². The Morgan fingerprint density at radius 2 is 1.68 bits per heavy atom. The fourth-order valence-electron chi connectivity index (χ4n) is 2.92. The maximum absolute atomic E-state index is 5.42. The third-order valence-corrected chi connectivity index (χ3v) is 5.01. The molecule has 1 aromatic carbocycles. The molecule has 106 valence electrons. The fraction of sp³-hybridized carbons (Fsp3) is 0.625. The lowest BCUT2D eigenvalue weighted by Crippen LogP contribution is -2.22. The summed E-state index contributed by atoms with van der Waals surface area (Å²) in [6.45, 7) is 10.1. The van der Waals surface area contributed by atoms with Crippen LogP contribution in [0.3, 0.4) is 0 Å². The Labute approximate surface area is 116 Å². The van der Waals surface area contributed by atoms with Gasteiger partial charge in [0.25, 0.3) is 0 Å². The highest BCUT2D eigenvalue weighted by Crippen LogP contribution is 2.62. The van der Waals surface area contributed by atoms with Gasteiger partial charge in [0.2, 0.25) is 0 Å². The fourth-order valence-corrected chi connectivity index (χ4v) is 2.92. The largest absolute Gasteiger partial charge is 0.497 e. The highest BCUT2D eigenvalue weighted by molar-refractivity contribution is 5.40. The molecule has 1 aliphatic rings. The van der Waals surface area contributed by atoms with Crippen molar-refractivity contribution in [2.24, 2.45) is 10.8 Å².